The van der Waals surface area contributed by atoms with E-state index in [9.17, 15) is 9.18 Å². The molecular weight excluding hydrogens is 347 g/mol. The molecule has 1 aliphatic heterocycles. The van der Waals surface area contributed by atoms with Gasteiger partial charge in [-0.25, -0.2) is 4.39 Å². The molecule has 0 N–H and O–H groups in total. The highest BCUT2D eigenvalue weighted by Crippen LogP contribution is 2.31. The average molecular weight is 372 g/mol. The molecule has 0 aliphatic carbocycles. The average Bonchev–Trinajstić information content (AvgIpc) is 2.72. The lowest BCUT2D eigenvalue weighted by atomic mass is 10.1. The van der Waals surface area contributed by atoms with Gasteiger partial charge in [0.25, 0.3) is 0 Å². The van der Waals surface area contributed by atoms with Crippen molar-refractivity contribution in [2.45, 2.75) is 12.8 Å². The number of benzene rings is 2. The van der Waals surface area contributed by atoms with Crippen molar-refractivity contribution in [3.8, 4) is 11.5 Å². The van der Waals surface area contributed by atoms with Crippen LogP contribution in [0.3, 0.4) is 0 Å². The molecule has 1 aliphatic rings. The van der Waals surface area contributed by atoms with Gasteiger partial charge in [0.2, 0.25) is 5.91 Å². The zero-order chi connectivity index (χ0) is 19.2. The van der Waals surface area contributed by atoms with Gasteiger partial charge < -0.3 is 19.3 Å². The maximum atomic E-state index is 12.9. The maximum Gasteiger partial charge on any atom is 0.223 e. The van der Waals surface area contributed by atoms with Crippen LogP contribution in [0.5, 0.6) is 11.5 Å². The van der Waals surface area contributed by atoms with Gasteiger partial charge in [-0.2, -0.15) is 0 Å². The predicted octanol–water partition coefficient (Wildman–Crippen LogP) is 3.12. The third kappa shape index (κ3) is 4.70. The van der Waals surface area contributed by atoms with Gasteiger partial charge in [-0.1, -0.05) is 12.1 Å². The van der Waals surface area contributed by atoms with Crippen molar-refractivity contribution in [1.82, 2.24) is 4.90 Å². The van der Waals surface area contributed by atoms with E-state index in [0.29, 0.717) is 37.4 Å². The Labute approximate surface area is 159 Å². The summed E-state index contributed by atoms with van der Waals surface area (Å²) >= 11 is 0. The van der Waals surface area contributed by atoms with Crippen molar-refractivity contribution in [2.24, 2.45) is 0 Å². The fraction of sp³-hybridized carbons (Fsp3) is 0.381. The summed E-state index contributed by atoms with van der Waals surface area (Å²) in [7, 11) is 3.24. The minimum Gasteiger partial charge on any atom is -0.493 e. The van der Waals surface area contributed by atoms with Crippen LogP contribution in [-0.4, -0.2) is 51.2 Å². The molecule has 1 fully saturated rings. The van der Waals surface area contributed by atoms with E-state index in [0.717, 1.165) is 24.3 Å². The summed E-state index contributed by atoms with van der Waals surface area (Å²) < 4.78 is 23.6. The number of hydrogen-bond donors (Lipinski definition) is 0. The van der Waals surface area contributed by atoms with Crippen molar-refractivity contribution in [3.63, 3.8) is 0 Å². The van der Waals surface area contributed by atoms with E-state index in [2.05, 4.69) is 4.90 Å². The molecule has 2 aromatic carbocycles. The zero-order valence-electron chi connectivity index (χ0n) is 15.8. The molecule has 0 bridgehead atoms. The van der Waals surface area contributed by atoms with Crippen LogP contribution >= 0.6 is 0 Å². The number of carbonyl (C=O) groups excluding carboxylic acids is 1. The first-order valence-corrected chi connectivity index (χ1v) is 9.10. The molecule has 0 unspecified atom stereocenters. The van der Waals surface area contributed by atoms with Crippen LogP contribution in [0.15, 0.2) is 42.5 Å². The number of hydrogen-bond acceptors (Lipinski definition) is 4. The maximum absolute atomic E-state index is 12.9. The lowest BCUT2D eigenvalue weighted by Gasteiger charge is -2.36. The summed E-state index contributed by atoms with van der Waals surface area (Å²) in [5, 5.41) is 0. The highest BCUT2D eigenvalue weighted by molar-refractivity contribution is 5.76. The molecule has 27 heavy (non-hydrogen) atoms. The minimum absolute atomic E-state index is 0.145. The molecule has 0 radical (unpaired) electrons. The second-order valence-electron chi connectivity index (χ2n) is 6.53. The van der Waals surface area contributed by atoms with E-state index in [1.165, 1.54) is 12.1 Å². The topological polar surface area (TPSA) is 42.0 Å². The van der Waals surface area contributed by atoms with E-state index in [1.807, 2.05) is 23.1 Å². The highest BCUT2D eigenvalue weighted by Gasteiger charge is 2.21. The number of halogens is 1. The van der Waals surface area contributed by atoms with Gasteiger partial charge in [-0.05, 0) is 36.2 Å². The first-order valence-electron chi connectivity index (χ1n) is 9.10. The van der Waals surface area contributed by atoms with E-state index in [-0.39, 0.29) is 11.7 Å². The van der Waals surface area contributed by atoms with E-state index in [1.54, 1.807) is 26.4 Å². The number of nitrogens with zero attached hydrogens (tertiary/aromatic N) is 2. The number of amides is 1. The van der Waals surface area contributed by atoms with E-state index in [4.69, 9.17) is 9.47 Å². The number of piperazine rings is 1. The van der Waals surface area contributed by atoms with Gasteiger partial charge in [0.15, 0.2) is 11.5 Å². The van der Waals surface area contributed by atoms with Crippen LogP contribution in [0.4, 0.5) is 10.1 Å². The lowest BCUT2D eigenvalue weighted by molar-refractivity contribution is -0.131. The summed E-state index contributed by atoms with van der Waals surface area (Å²) in [5.74, 6) is 1.30. The molecule has 0 saturated carbocycles. The zero-order valence-corrected chi connectivity index (χ0v) is 15.8. The first kappa shape index (κ1) is 19.0. The Hall–Kier alpha value is -2.76. The Bertz CT molecular complexity index is 771. The van der Waals surface area contributed by atoms with Crippen molar-refractivity contribution >= 4 is 11.6 Å². The Morgan fingerprint density at radius 3 is 2.26 bits per heavy atom. The normalized spacial score (nSPS) is 14.2. The summed E-state index contributed by atoms with van der Waals surface area (Å²) in [6.07, 6.45) is 1.08. The molecule has 1 amide bonds. The first-order chi connectivity index (χ1) is 13.1. The number of aryl methyl sites for hydroxylation is 1. The van der Waals surface area contributed by atoms with Gasteiger partial charge in [0, 0.05) is 44.4 Å². The molecule has 0 atom stereocenters. The van der Waals surface area contributed by atoms with Crippen LogP contribution < -0.4 is 14.4 Å². The Morgan fingerprint density at radius 1 is 0.963 bits per heavy atom. The summed E-state index contributed by atoms with van der Waals surface area (Å²) in [4.78, 5) is 16.6. The summed E-state index contributed by atoms with van der Waals surface area (Å²) in [6, 6.07) is 12.2. The summed E-state index contributed by atoms with van der Waals surface area (Å²) in [6.45, 7) is 2.93. The van der Waals surface area contributed by atoms with Gasteiger partial charge in [0.1, 0.15) is 5.82 Å². The monoisotopic (exact) mass is 372 g/mol. The van der Waals surface area contributed by atoms with Gasteiger partial charge in [-0.15, -0.1) is 0 Å². The van der Waals surface area contributed by atoms with Gasteiger partial charge >= 0.3 is 0 Å². The van der Waals surface area contributed by atoms with Crippen molar-refractivity contribution < 1.29 is 18.7 Å². The standard InChI is InChI=1S/C21H25FN2O3/c1-26-19-9-8-18(15-20(19)27-2)23-11-13-24(14-12-23)21(25)10-5-16-3-6-17(22)7-4-16/h3-4,6-9,15H,5,10-14H2,1-2H3. The number of ether oxygens (including phenoxy) is 2. The molecule has 1 heterocycles. The Kier molecular flexibility index (Phi) is 6.16. The predicted molar refractivity (Wildman–Crippen MR) is 103 cm³/mol. The molecule has 0 spiro atoms. The van der Waals surface area contributed by atoms with Gasteiger partial charge in [-0.3, -0.25) is 4.79 Å². The van der Waals surface area contributed by atoms with E-state index < -0.39 is 0 Å². The van der Waals surface area contributed by atoms with Crippen LogP contribution in [-0.2, 0) is 11.2 Å². The second kappa shape index (κ2) is 8.75. The lowest BCUT2D eigenvalue weighted by Crippen LogP contribution is -2.48. The summed E-state index contributed by atoms with van der Waals surface area (Å²) in [5.41, 5.74) is 2.04. The number of anilines is 1. The van der Waals surface area contributed by atoms with E-state index >= 15 is 0 Å². The van der Waals surface area contributed by atoms with Gasteiger partial charge in [0.05, 0.1) is 14.2 Å². The molecular formula is C21H25FN2O3. The van der Waals surface area contributed by atoms with Crippen LogP contribution in [0.25, 0.3) is 0 Å². The SMILES string of the molecule is COc1ccc(N2CCN(C(=O)CCc3ccc(F)cc3)CC2)cc1OC. The smallest absolute Gasteiger partial charge is 0.223 e. The molecule has 1 saturated heterocycles. The molecule has 144 valence electrons. The molecule has 2 aromatic rings. The van der Waals surface area contributed by atoms with Crippen molar-refractivity contribution in [1.29, 1.82) is 0 Å². The van der Waals surface area contributed by atoms with Crippen molar-refractivity contribution in [2.75, 3.05) is 45.3 Å². The molecule has 3 rings (SSSR count). The highest BCUT2D eigenvalue weighted by atomic mass is 19.1. The second-order valence-corrected chi connectivity index (χ2v) is 6.53. The molecule has 6 heteroatoms. The van der Waals surface area contributed by atoms with Crippen LogP contribution in [0, 0.1) is 5.82 Å². The third-order valence-electron chi connectivity index (χ3n) is 4.91. The molecule has 0 aromatic heterocycles. The number of rotatable bonds is 6. The Morgan fingerprint density at radius 2 is 1.63 bits per heavy atom. The largest absolute Gasteiger partial charge is 0.493 e. The fourth-order valence-electron chi connectivity index (χ4n) is 3.30. The third-order valence-corrected chi connectivity index (χ3v) is 4.91. The number of carbonyl (C=O) groups is 1. The fourth-order valence-corrected chi connectivity index (χ4v) is 3.30. The Balaban J connectivity index is 1.52. The van der Waals surface area contributed by atoms with Crippen molar-refractivity contribution in [3.05, 3.63) is 53.8 Å². The van der Waals surface area contributed by atoms with Crippen LogP contribution in [0.1, 0.15) is 12.0 Å². The van der Waals surface area contributed by atoms with Crippen LogP contribution in [0.2, 0.25) is 0 Å². The molecule has 5 nitrogen and oxygen atoms in total. The number of methoxy groups -OCH3 is 2. The quantitative estimate of drug-likeness (QED) is 0.781. The minimum atomic E-state index is -0.253.